The molecule has 1 unspecified atom stereocenters. The van der Waals surface area contributed by atoms with Crippen LogP contribution in [-0.4, -0.2) is 50.1 Å². The number of hydrogen-bond acceptors (Lipinski definition) is 6. The summed E-state index contributed by atoms with van der Waals surface area (Å²) in [6.07, 6.45) is -0.532. The molecule has 0 N–H and O–H groups in total. The molecular formula is C26H25ClN2O4. The van der Waals surface area contributed by atoms with E-state index >= 15 is 0 Å². The molecule has 7 heteroatoms. The van der Waals surface area contributed by atoms with Gasteiger partial charge in [-0.3, -0.25) is 4.99 Å². The van der Waals surface area contributed by atoms with Crippen LogP contribution >= 0.6 is 11.6 Å². The SMILES string of the molecule is COc1ccc(OCC(CN(C)C2=NCc3ccccc32)OC(=O)c2ccc(Cl)cc2)cc1. The maximum absolute atomic E-state index is 12.8. The fraction of sp³-hybridized carbons (Fsp3) is 0.231. The predicted octanol–water partition coefficient (Wildman–Crippen LogP) is 4.85. The Morgan fingerprint density at radius 2 is 1.73 bits per heavy atom. The summed E-state index contributed by atoms with van der Waals surface area (Å²) >= 11 is 5.94. The average molecular weight is 465 g/mol. The van der Waals surface area contributed by atoms with Crippen molar-refractivity contribution in [2.45, 2.75) is 12.6 Å². The Bertz CT molecular complexity index is 1130. The van der Waals surface area contributed by atoms with E-state index in [1.165, 1.54) is 5.56 Å². The number of nitrogens with zero attached hydrogens (tertiary/aromatic N) is 2. The van der Waals surface area contributed by atoms with E-state index in [-0.39, 0.29) is 6.61 Å². The normalized spacial score (nSPS) is 13.0. The molecule has 1 aliphatic heterocycles. The second kappa shape index (κ2) is 10.4. The van der Waals surface area contributed by atoms with Gasteiger partial charge in [0.05, 0.1) is 25.8 Å². The van der Waals surface area contributed by atoms with Gasteiger partial charge in [0.1, 0.15) is 23.9 Å². The summed E-state index contributed by atoms with van der Waals surface area (Å²) in [6.45, 7) is 1.25. The lowest BCUT2D eigenvalue weighted by Crippen LogP contribution is -2.39. The van der Waals surface area contributed by atoms with Crippen molar-refractivity contribution in [1.29, 1.82) is 0 Å². The molecule has 4 rings (SSSR count). The molecule has 0 spiro atoms. The largest absolute Gasteiger partial charge is 0.497 e. The Morgan fingerprint density at radius 1 is 1.03 bits per heavy atom. The van der Waals surface area contributed by atoms with Gasteiger partial charge in [0, 0.05) is 17.6 Å². The van der Waals surface area contributed by atoms with Crippen LogP contribution in [0.25, 0.3) is 0 Å². The number of hydrogen-bond donors (Lipinski definition) is 0. The zero-order valence-electron chi connectivity index (χ0n) is 18.5. The second-order valence-electron chi connectivity index (χ2n) is 7.70. The van der Waals surface area contributed by atoms with Gasteiger partial charge in [-0.2, -0.15) is 0 Å². The first kappa shape index (κ1) is 22.7. The zero-order chi connectivity index (χ0) is 23.2. The second-order valence-corrected chi connectivity index (χ2v) is 8.13. The van der Waals surface area contributed by atoms with Gasteiger partial charge >= 0.3 is 5.97 Å². The van der Waals surface area contributed by atoms with E-state index < -0.39 is 12.1 Å². The molecule has 3 aromatic rings. The third kappa shape index (κ3) is 5.65. The van der Waals surface area contributed by atoms with Gasteiger partial charge in [-0.1, -0.05) is 35.9 Å². The molecule has 170 valence electrons. The lowest BCUT2D eigenvalue weighted by atomic mass is 10.1. The molecule has 0 bridgehead atoms. The van der Waals surface area contributed by atoms with Crippen LogP contribution in [0.5, 0.6) is 11.5 Å². The number of methoxy groups -OCH3 is 1. The molecule has 1 aliphatic rings. The lowest BCUT2D eigenvalue weighted by Gasteiger charge is -2.26. The van der Waals surface area contributed by atoms with Crippen molar-refractivity contribution in [3.63, 3.8) is 0 Å². The van der Waals surface area contributed by atoms with E-state index in [0.29, 0.717) is 29.4 Å². The molecule has 0 saturated heterocycles. The van der Waals surface area contributed by atoms with E-state index in [9.17, 15) is 4.79 Å². The van der Waals surface area contributed by atoms with Gasteiger partial charge in [0.2, 0.25) is 0 Å². The van der Waals surface area contributed by atoms with Crippen molar-refractivity contribution in [3.8, 4) is 11.5 Å². The molecule has 0 radical (unpaired) electrons. The van der Waals surface area contributed by atoms with Crippen molar-refractivity contribution in [1.82, 2.24) is 4.90 Å². The van der Waals surface area contributed by atoms with Crippen LogP contribution in [0, 0.1) is 0 Å². The first-order valence-electron chi connectivity index (χ1n) is 10.6. The molecule has 0 amide bonds. The van der Waals surface area contributed by atoms with Gasteiger partial charge in [0.25, 0.3) is 0 Å². The Hall–Kier alpha value is -3.51. The van der Waals surface area contributed by atoms with Crippen LogP contribution in [0.4, 0.5) is 0 Å². The number of amidine groups is 1. The number of carbonyl (C=O) groups excluding carboxylic acids is 1. The maximum atomic E-state index is 12.8. The number of fused-ring (bicyclic) bond motifs is 1. The van der Waals surface area contributed by atoms with Crippen molar-refractivity contribution in [2.75, 3.05) is 27.3 Å². The fourth-order valence-corrected chi connectivity index (χ4v) is 3.76. The molecule has 6 nitrogen and oxygen atoms in total. The summed E-state index contributed by atoms with van der Waals surface area (Å²) in [7, 11) is 3.55. The van der Waals surface area contributed by atoms with Crippen molar-refractivity contribution in [2.24, 2.45) is 4.99 Å². The highest BCUT2D eigenvalue weighted by Crippen LogP contribution is 2.21. The molecule has 0 aliphatic carbocycles. The highest BCUT2D eigenvalue weighted by Gasteiger charge is 2.24. The monoisotopic (exact) mass is 464 g/mol. The number of halogens is 1. The van der Waals surface area contributed by atoms with Crippen LogP contribution in [0.3, 0.4) is 0 Å². The molecule has 3 aromatic carbocycles. The summed E-state index contributed by atoms with van der Waals surface area (Å²) in [4.78, 5) is 19.5. The van der Waals surface area contributed by atoms with Crippen LogP contribution in [-0.2, 0) is 11.3 Å². The summed E-state index contributed by atoms with van der Waals surface area (Å²) in [5.41, 5.74) is 2.71. The number of carbonyl (C=O) groups is 1. The Labute approximate surface area is 198 Å². The number of benzene rings is 3. The van der Waals surface area contributed by atoms with Crippen LogP contribution in [0.2, 0.25) is 5.02 Å². The van der Waals surface area contributed by atoms with Gasteiger partial charge < -0.3 is 19.1 Å². The first-order valence-corrected chi connectivity index (χ1v) is 11.0. The molecule has 1 atom stereocenters. The van der Waals surface area contributed by atoms with Gasteiger partial charge in [-0.25, -0.2) is 4.79 Å². The van der Waals surface area contributed by atoms with E-state index in [1.54, 1.807) is 31.4 Å². The number of rotatable bonds is 8. The molecule has 0 fully saturated rings. The number of likely N-dealkylation sites (N-methyl/N-ethyl adjacent to an activating group) is 1. The number of aliphatic imine (C=N–C) groups is 1. The summed E-state index contributed by atoms with van der Waals surface area (Å²) in [6, 6.07) is 22.0. The van der Waals surface area contributed by atoms with Crippen LogP contribution in [0.1, 0.15) is 21.5 Å². The van der Waals surface area contributed by atoms with Gasteiger partial charge in [0.15, 0.2) is 6.10 Å². The minimum atomic E-state index is -0.532. The number of ether oxygens (including phenoxy) is 3. The van der Waals surface area contributed by atoms with E-state index in [2.05, 4.69) is 17.1 Å². The lowest BCUT2D eigenvalue weighted by molar-refractivity contribution is 0.0130. The van der Waals surface area contributed by atoms with Crippen molar-refractivity contribution >= 4 is 23.4 Å². The van der Waals surface area contributed by atoms with Crippen molar-refractivity contribution < 1.29 is 19.0 Å². The number of esters is 1. The Morgan fingerprint density at radius 3 is 2.45 bits per heavy atom. The average Bonchev–Trinajstić information content (AvgIpc) is 3.27. The molecule has 0 aromatic heterocycles. The summed E-state index contributed by atoms with van der Waals surface area (Å²) < 4.78 is 17.0. The highest BCUT2D eigenvalue weighted by atomic mass is 35.5. The fourth-order valence-electron chi connectivity index (χ4n) is 3.63. The first-order chi connectivity index (χ1) is 16.0. The highest BCUT2D eigenvalue weighted by molar-refractivity contribution is 6.30. The van der Waals surface area contributed by atoms with Crippen LogP contribution in [0.15, 0.2) is 77.8 Å². The third-order valence-electron chi connectivity index (χ3n) is 5.35. The molecular weight excluding hydrogens is 440 g/mol. The summed E-state index contributed by atoms with van der Waals surface area (Å²) in [5.74, 6) is 1.85. The van der Waals surface area contributed by atoms with Gasteiger partial charge in [-0.15, -0.1) is 0 Å². The molecule has 0 saturated carbocycles. The third-order valence-corrected chi connectivity index (χ3v) is 5.60. The van der Waals surface area contributed by atoms with E-state index in [4.69, 9.17) is 25.8 Å². The standard InChI is InChI=1S/C26H25ClN2O4/c1-29(25-24-6-4-3-5-19(24)15-28-25)16-23(17-32-22-13-11-21(31-2)12-14-22)33-26(30)18-7-9-20(27)10-8-18/h3-14,23H,15-17H2,1-2H3. The van der Waals surface area contributed by atoms with Crippen LogP contribution < -0.4 is 9.47 Å². The van der Waals surface area contributed by atoms with Gasteiger partial charge in [-0.05, 0) is 54.1 Å². The van der Waals surface area contributed by atoms with Crippen molar-refractivity contribution in [3.05, 3.63) is 94.5 Å². The minimum absolute atomic E-state index is 0.185. The quantitative estimate of drug-likeness (QED) is 0.446. The topological polar surface area (TPSA) is 60.4 Å². The Balaban J connectivity index is 1.47. The molecule has 1 heterocycles. The Kier molecular flexibility index (Phi) is 7.15. The molecule has 33 heavy (non-hydrogen) atoms. The predicted molar refractivity (Wildman–Crippen MR) is 128 cm³/mol. The summed E-state index contributed by atoms with van der Waals surface area (Å²) in [5, 5.41) is 0.559. The minimum Gasteiger partial charge on any atom is -0.497 e. The zero-order valence-corrected chi connectivity index (χ0v) is 19.3. The smallest absolute Gasteiger partial charge is 0.338 e. The van der Waals surface area contributed by atoms with E-state index in [1.807, 2.05) is 48.3 Å². The van der Waals surface area contributed by atoms with E-state index in [0.717, 1.165) is 17.1 Å². The maximum Gasteiger partial charge on any atom is 0.338 e.